The maximum atomic E-state index is 13.5. The Hall–Kier alpha value is -3.38. The molecular weight excluding hydrogens is 546 g/mol. The van der Waals surface area contributed by atoms with Gasteiger partial charge in [-0.05, 0) is 23.8 Å². The molecule has 0 fully saturated rings. The first-order valence-electron chi connectivity index (χ1n) is 11.6. The average Bonchev–Trinajstić information content (AvgIpc) is 3.41. The Kier molecular flexibility index (Phi) is 9.40. The van der Waals surface area contributed by atoms with Crippen LogP contribution in [0.3, 0.4) is 0 Å². The number of methoxy groups -OCH3 is 1. The smallest absolute Gasteiger partial charge is 0.243 e. The number of rotatable bonds is 12. The quantitative estimate of drug-likeness (QED) is 0.193. The molecule has 9 nitrogen and oxygen atoms in total. The first-order valence-corrected chi connectivity index (χ1v) is 14.4. The molecule has 0 bridgehead atoms. The molecule has 4 rings (SSSR count). The number of aromatic nitrogens is 3. The van der Waals surface area contributed by atoms with E-state index in [-0.39, 0.29) is 23.0 Å². The zero-order valence-electron chi connectivity index (χ0n) is 20.5. The molecule has 0 aliphatic carbocycles. The Morgan fingerprint density at radius 1 is 1.08 bits per heavy atom. The number of nitrogens with zero attached hydrogens (tertiary/aromatic N) is 3. The highest BCUT2D eigenvalue weighted by atomic mass is 35.5. The van der Waals surface area contributed by atoms with Gasteiger partial charge in [-0.3, -0.25) is 9.89 Å². The van der Waals surface area contributed by atoms with Crippen molar-refractivity contribution in [3.63, 3.8) is 0 Å². The Balaban J connectivity index is 1.38. The van der Waals surface area contributed by atoms with Gasteiger partial charge in [-0.25, -0.2) is 13.4 Å². The maximum absolute atomic E-state index is 13.5. The molecule has 0 aliphatic heterocycles. The lowest BCUT2D eigenvalue weighted by Crippen LogP contribution is -2.40. The SMILES string of the molecule is COc1ccc(S(=O)(=O)N(CC(=O)NCCSc2n[nH]c(-c3ccccc3)n2)Cc2ccccc2)cc1Cl. The van der Waals surface area contributed by atoms with Crippen LogP contribution in [0.2, 0.25) is 5.02 Å². The van der Waals surface area contributed by atoms with E-state index in [1.807, 2.05) is 48.5 Å². The standard InChI is InChI=1S/C26H26ClN5O4S2/c1-36-23-13-12-21(16-22(23)27)38(34,35)32(17-19-8-4-2-5-9-19)18-24(33)28-14-15-37-26-29-25(30-31-26)20-10-6-3-7-11-20/h2-13,16H,14-15,17-18H2,1H3,(H,28,33)(H,29,30,31). The van der Waals surface area contributed by atoms with Crippen molar-refractivity contribution in [1.29, 1.82) is 0 Å². The predicted octanol–water partition coefficient (Wildman–Crippen LogP) is 4.23. The Morgan fingerprint density at radius 3 is 2.47 bits per heavy atom. The van der Waals surface area contributed by atoms with Gasteiger partial charge in [-0.2, -0.15) is 4.31 Å². The van der Waals surface area contributed by atoms with Crippen LogP contribution in [0.4, 0.5) is 0 Å². The van der Waals surface area contributed by atoms with E-state index in [0.717, 1.165) is 15.4 Å². The summed E-state index contributed by atoms with van der Waals surface area (Å²) in [5, 5.41) is 10.6. The van der Waals surface area contributed by atoms with Crippen LogP contribution in [-0.4, -0.2) is 59.8 Å². The monoisotopic (exact) mass is 571 g/mol. The predicted molar refractivity (Wildman–Crippen MR) is 148 cm³/mol. The van der Waals surface area contributed by atoms with Crippen LogP contribution in [0.1, 0.15) is 5.56 Å². The van der Waals surface area contributed by atoms with E-state index < -0.39 is 15.9 Å². The number of carbonyl (C=O) groups excluding carboxylic acids is 1. The van der Waals surface area contributed by atoms with Gasteiger partial charge in [0.15, 0.2) is 5.82 Å². The third-order valence-corrected chi connectivity index (χ3v) is 8.38. The molecule has 0 atom stereocenters. The minimum absolute atomic E-state index is 0.0223. The molecule has 1 aromatic heterocycles. The van der Waals surface area contributed by atoms with Gasteiger partial charge >= 0.3 is 0 Å². The van der Waals surface area contributed by atoms with Crippen LogP contribution in [0.25, 0.3) is 11.4 Å². The van der Waals surface area contributed by atoms with E-state index in [2.05, 4.69) is 20.5 Å². The number of hydrogen-bond acceptors (Lipinski definition) is 7. The molecule has 0 saturated heterocycles. The molecule has 38 heavy (non-hydrogen) atoms. The molecule has 1 amide bonds. The van der Waals surface area contributed by atoms with Crippen molar-refractivity contribution < 1.29 is 17.9 Å². The number of ether oxygens (including phenoxy) is 1. The maximum Gasteiger partial charge on any atom is 0.243 e. The third-order valence-electron chi connectivity index (χ3n) is 5.45. The fourth-order valence-corrected chi connectivity index (χ4v) is 5.94. The Bertz CT molecular complexity index is 1470. The second-order valence-corrected chi connectivity index (χ2v) is 11.5. The van der Waals surface area contributed by atoms with Gasteiger partial charge in [0.05, 0.1) is 23.6 Å². The van der Waals surface area contributed by atoms with Gasteiger partial charge in [-0.15, -0.1) is 5.10 Å². The van der Waals surface area contributed by atoms with E-state index in [0.29, 0.717) is 29.0 Å². The highest BCUT2D eigenvalue weighted by Gasteiger charge is 2.27. The van der Waals surface area contributed by atoms with Crippen molar-refractivity contribution in [2.24, 2.45) is 0 Å². The minimum Gasteiger partial charge on any atom is -0.495 e. The molecule has 1 heterocycles. The van der Waals surface area contributed by atoms with Gasteiger partial charge in [0.1, 0.15) is 5.75 Å². The van der Waals surface area contributed by atoms with Gasteiger partial charge < -0.3 is 10.1 Å². The molecule has 2 N–H and O–H groups in total. The Morgan fingerprint density at radius 2 is 1.79 bits per heavy atom. The fraction of sp³-hybridized carbons (Fsp3) is 0.192. The molecule has 0 saturated carbocycles. The van der Waals surface area contributed by atoms with Gasteiger partial charge in [0.2, 0.25) is 21.1 Å². The number of halogens is 1. The number of hydrogen-bond donors (Lipinski definition) is 2. The summed E-state index contributed by atoms with van der Waals surface area (Å²) in [6.07, 6.45) is 0. The van der Waals surface area contributed by atoms with Crippen molar-refractivity contribution in [2.45, 2.75) is 16.6 Å². The number of nitrogens with one attached hydrogen (secondary N) is 2. The number of H-pyrrole nitrogens is 1. The number of carbonyl (C=O) groups is 1. The summed E-state index contributed by atoms with van der Waals surface area (Å²) in [6, 6.07) is 22.9. The molecule has 0 radical (unpaired) electrons. The number of sulfonamides is 1. The van der Waals surface area contributed by atoms with Crippen LogP contribution in [0.15, 0.2) is 88.9 Å². The molecule has 0 aliphatic rings. The molecule has 12 heteroatoms. The van der Waals surface area contributed by atoms with Crippen LogP contribution in [0.5, 0.6) is 5.75 Å². The van der Waals surface area contributed by atoms with Crippen molar-refractivity contribution in [2.75, 3.05) is 26.0 Å². The second-order valence-electron chi connectivity index (χ2n) is 8.09. The van der Waals surface area contributed by atoms with Gasteiger partial charge in [0.25, 0.3) is 0 Å². The first-order chi connectivity index (χ1) is 18.4. The summed E-state index contributed by atoms with van der Waals surface area (Å²) in [5.41, 5.74) is 1.68. The normalized spacial score (nSPS) is 11.4. The minimum atomic E-state index is -4.04. The zero-order chi connectivity index (χ0) is 27.0. The zero-order valence-corrected chi connectivity index (χ0v) is 22.9. The summed E-state index contributed by atoms with van der Waals surface area (Å²) >= 11 is 7.56. The Labute approximate surface area is 230 Å². The summed E-state index contributed by atoms with van der Waals surface area (Å²) in [7, 11) is -2.59. The summed E-state index contributed by atoms with van der Waals surface area (Å²) < 4.78 is 33.2. The highest BCUT2D eigenvalue weighted by molar-refractivity contribution is 7.99. The first kappa shape index (κ1) is 27.6. The van der Waals surface area contributed by atoms with E-state index in [1.54, 1.807) is 12.1 Å². The van der Waals surface area contributed by atoms with E-state index in [9.17, 15) is 13.2 Å². The average molecular weight is 572 g/mol. The number of thioether (sulfide) groups is 1. The topological polar surface area (TPSA) is 117 Å². The van der Waals surface area contributed by atoms with Crippen LogP contribution in [-0.2, 0) is 21.4 Å². The molecule has 0 unspecified atom stereocenters. The van der Waals surface area contributed by atoms with Crippen LogP contribution >= 0.6 is 23.4 Å². The van der Waals surface area contributed by atoms with Gasteiger partial charge in [-0.1, -0.05) is 84.0 Å². The van der Waals surface area contributed by atoms with Crippen molar-refractivity contribution >= 4 is 39.3 Å². The molecule has 0 spiro atoms. The molecule has 4 aromatic rings. The van der Waals surface area contributed by atoms with Crippen molar-refractivity contribution in [1.82, 2.24) is 24.8 Å². The van der Waals surface area contributed by atoms with E-state index >= 15 is 0 Å². The van der Waals surface area contributed by atoms with E-state index in [1.165, 1.54) is 37.1 Å². The third kappa shape index (κ3) is 7.13. The summed E-state index contributed by atoms with van der Waals surface area (Å²) in [4.78, 5) is 17.2. The van der Waals surface area contributed by atoms with Crippen LogP contribution < -0.4 is 10.1 Å². The largest absolute Gasteiger partial charge is 0.495 e. The molecule has 3 aromatic carbocycles. The van der Waals surface area contributed by atoms with Gasteiger partial charge in [0, 0.05) is 24.4 Å². The summed E-state index contributed by atoms with van der Waals surface area (Å²) in [6.45, 7) is -0.0227. The fourth-order valence-electron chi connectivity index (χ4n) is 3.55. The number of amides is 1. The van der Waals surface area contributed by atoms with E-state index in [4.69, 9.17) is 16.3 Å². The lowest BCUT2D eigenvalue weighted by molar-refractivity contribution is -0.121. The summed E-state index contributed by atoms with van der Waals surface area (Å²) in [5.74, 6) is 1.11. The van der Waals surface area contributed by atoms with Crippen molar-refractivity contribution in [3.8, 4) is 17.1 Å². The van der Waals surface area contributed by atoms with Crippen LogP contribution in [0, 0.1) is 0 Å². The van der Waals surface area contributed by atoms with Crippen molar-refractivity contribution in [3.05, 3.63) is 89.4 Å². The number of aromatic amines is 1. The second kappa shape index (κ2) is 12.9. The highest BCUT2D eigenvalue weighted by Crippen LogP contribution is 2.29. The number of benzene rings is 3. The molecular formula is C26H26ClN5O4S2. The molecule has 198 valence electrons. The lowest BCUT2D eigenvalue weighted by atomic mass is 10.2. The lowest BCUT2D eigenvalue weighted by Gasteiger charge is -2.22.